The molecule has 0 spiro atoms. The highest BCUT2D eigenvalue weighted by molar-refractivity contribution is 5.78. The third-order valence-electron chi connectivity index (χ3n) is 3.05. The molecule has 1 aliphatic rings. The SMILES string of the molecule is CC(=O)N(CCC(=O)N1CCCC1)C(C)C. The van der Waals surface area contributed by atoms with E-state index in [1.807, 2.05) is 18.7 Å². The number of hydrogen-bond acceptors (Lipinski definition) is 2. The van der Waals surface area contributed by atoms with Gasteiger partial charge in [0, 0.05) is 39.0 Å². The van der Waals surface area contributed by atoms with Gasteiger partial charge in [0.2, 0.25) is 11.8 Å². The van der Waals surface area contributed by atoms with Crippen LogP contribution in [0.25, 0.3) is 0 Å². The summed E-state index contributed by atoms with van der Waals surface area (Å²) in [5.74, 6) is 0.230. The van der Waals surface area contributed by atoms with E-state index in [1.165, 1.54) is 0 Å². The highest BCUT2D eigenvalue weighted by Gasteiger charge is 2.20. The maximum atomic E-state index is 11.8. The number of rotatable bonds is 4. The summed E-state index contributed by atoms with van der Waals surface area (Å²) < 4.78 is 0. The average Bonchev–Trinajstić information content (AvgIpc) is 2.69. The summed E-state index contributed by atoms with van der Waals surface area (Å²) in [5, 5.41) is 0. The van der Waals surface area contributed by atoms with Crippen molar-refractivity contribution in [1.82, 2.24) is 9.80 Å². The second kappa shape index (κ2) is 5.87. The Balaban J connectivity index is 2.36. The summed E-state index contributed by atoms with van der Waals surface area (Å²) in [7, 11) is 0. The fourth-order valence-electron chi connectivity index (χ4n) is 2.12. The van der Waals surface area contributed by atoms with Crippen molar-refractivity contribution in [1.29, 1.82) is 0 Å². The number of nitrogens with zero attached hydrogens (tertiary/aromatic N) is 2. The second-order valence-corrected chi connectivity index (χ2v) is 4.64. The first-order chi connectivity index (χ1) is 7.52. The topological polar surface area (TPSA) is 40.6 Å². The fourth-order valence-corrected chi connectivity index (χ4v) is 2.12. The lowest BCUT2D eigenvalue weighted by Crippen LogP contribution is -2.39. The van der Waals surface area contributed by atoms with Gasteiger partial charge in [-0.1, -0.05) is 0 Å². The molecule has 0 atom stereocenters. The van der Waals surface area contributed by atoms with Crippen LogP contribution < -0.4 is 0 Å². The minimum atomic E-state index is 0.0456. The van der Waals surface area contributed by atoms with Crippen molar-refractivity contribution < 1.29 is 9.59 Å². The van der Waals surface area contributed by atoms with Gasteiger partial charge in [0.05, 0.1) is 0 Å². The Bertz CT molecular complexity index is 258. The standard InChI is InChI=1S/C12H22N2O2/c1-10(2)14(11(3)15)9-6-12(16)13-7-4-5-8-13/h10H,4-9H2,1-3H3. The highest BCUT2D eigenvalue weighted by Crippen LogP contribution is 2.10. The molecule has 0 N–H and O–H groups in total. The summed E-state index contributed by atoms with van der Waals surface area (Å²) in [6.07, 6.45) is 2.69. The van der Waals surface area contributed by atoms with Crippen LogP contribution in [0, 0.1) is 0 Å². The molecule has 1 heterocycles. The van der Waals surface area contributed by atoms with Gasteiger partial charge in [-0.25, -0.2) is 0 Å². The molecule has 0 aromatic heterocycles. The van der Waals surface area contributed by atoms with Crippen LogP contribution in [-0.2, 0) is 9.59 Å². The van der Waals surface area contributed by atoms with Crippen molar-refractivity contribution in [3.63, 3.8) is 0 Å². The Hall–Kier alpha value is -1.06. The van der Waals surface area contributed by atoms with Gasteiger partial charge in [-0.05, 0) is 26.7 Å². The fraction of sp³-hybridized carbons (Fsp3) is 0.833. The zero-order valence-electron chi connectivity index (χ0n) is 10.5. The number of likely N-dealkylation sites (tertiary alicyclic amines) is 1. The van der Waals surface area contributed by atoms with Gasteiger partial charge in [0.1, 0.15) is 0 Å². The largest absolute Gasteiger partial charge is 0.343 e. The first-order valence-electron chi connectivity index (χ1n) is 6.07. The lowest BCUT2D eigenvalue weighted by Gasteiger charge is -2.26. The van der Waals surface area contributed by atoms with E-state index in [4.69, 9.17) is 0 Å². The highest BCUT2D eigenvalue weighted by atomic mass is 16.2. The molecule has 0 bridgehead atoms. The Labute approximate surface area is 97.6 Å². The third-order valence-corrected chi connectivity index (χ3v) is 3.05. The minimum Gasteiger partial charge on any atom is -0.343 e. The Morgan fingerprint density at radius 3 is 2.25 bits per heavy atom. The first kappa shape index (κ1) is 13.0. The van der Waals surface area contributed by atoms with Gasteiger partial charge in [0.15, 0.2) is 0 Å². The molecule has 0 aromatic rings. The van der Waals surface area contributed by atoms with Crippen LogP contribution in [0.15, 0.2) is 0 Å². The number of carbonyl (C=O) groups is 2. The number of amides is 2. The van der Waals surface area contributed by atoms with Crippen LogP contribution in [-0.4, -0.2) is 47.3 Å². The van der Waals surface area contributed by atoms with E-state index in [1.54, 1.807) is 11.8 Å². The molecule has 2 amide bonds. The summed E-state index contributed by atoms with van der Waals surface area (Å²) in [6, 6.07) is 0.170. The number of hydrogen-bond donors (Lipinski definition) is 0. The minimum absolute atomic E-state index is 0.0456. The van der Waals surface area contributed by atoms with Gasteiger partial charge in [-0.3, -0.25) is 9.59 Å². The Kier molecular flexibility index (Phi) is 4.77. The van der Waals surface area contributed by atoms with Gasteiger partial charge >= 0.3 is 0 Å². The number of carbonyl (C=O) groups excluding carboxylic acids is 2. The second-order valence-electron chi connectivity index (χ2n) is 4.64. The molecule has 0 saturated carbocycles. The molecule has 16 heavy (non-hydrogen) atoms. The van der Waals surface area contributed by atoms with E-state index in [0.29, 0.717) is 13.0 Å². The van der Waals surface area contributed by atoms with E-state index in [0.717, 1.165) is 25.9 Å². The smallest absolute Gasteiger partial charge is 0.224 e. The maximum Gasteiger partial charge on any atom is 0.224 e. The molecule has 0 aromatic carbocycles. The van der Waals surface area contributed by atoms with Gasteiger partial charge in [-0.15, -0.1) is 0 Å². The van der Waals surface area contributed by atoms with Crippen LogP contribution in [0.2, 0.25) is 0 Å². The van der Waals surface area contributed by atoms with Gasteiger partial charge in [-0.2, -0.15) is 0 Å². The molecule has 1 aliphatic heterocycles. The molecule has 4 heteroatoms. The van der Waals surface area contributed by atoms with Crippen molar-refractivity contribution >= 4 is 11.8 Å². The van der Waals surface area contributed by atoms with Gasteiger partial charge in [0.25, 0.3) is 0 Å². The summed E-state index contributed by atoms with van der Waals surface area (Å²) >= 11 is 0. The van der Waals surface area contributed by atoms with Crippen molar-refractivity contribution in [3.8, 4) is 0 Å². The van der Waals surface area contributed by atoms with E-state index in [-0.39, 0.29) is 17.9 Å². The predicted octanol–water partition coefficient (Wildman–Crippen LogP) is 1.26. The molecule has 1 rings (SSSR count). The van der Waals surface area contributed by atoms with Crippen molar-refractivity contribution in [2.45, 2.75) is 46.1 Å². The molecule has 92 valence electrons. The monoisotopic (exact) mass is 226 g/mol. The lowest BCUT2D eigenvalue weighted by molar-refractivity contribution is -0.133. The third kappa shape index (κ3) is 3.51. The summed E-state index contributed by atoms with van der Waals surface area (Å²) in [6.45, 7) is 7.83. The van der Waals surface area contributed by atoms with E-state index < -0.39 is 0 Å². The zero-order chi connectivity index (χ0) is 12.1. The van der Waals surface area contributed by atoms with Gasteiger partial charge < -0.3 is 9.80 Å². The average molecular weight is 226 g/mol. The normalized spacial score (nSPS) is 15.6. The van der Waals surface area contributed by atoms with Crippen LogP contribution >= 0.6 is 0 Å². The van der Waals surface area contributed by atoms with Crippen molar-refractivity contribution in [3.05, 3.63) is 0 Å². The molecule has 0 aliphatic carbocycles. The molecular formula is C12H22N2O2. The van der Waals surface area contributed by atoms with E-state index in [2.05, 4.69) is 0 Å². The Morgan fingerprint density at radius 1 is 1.25 bits per heavy atom. The molecular weight excluding hydrogens is 204 g/mol. The van der Waals surface area contributed by atoms with Crippen LogP contribution in [0.1, 0.15) is 40.0 Å². The van der Waals surface area contributed by atoms with Crippen LogP contribution in [0.5, 0.6) is 0 Å². The van der Waals surface area contributed by atoms with Crippen LogP contribution in [0.3, 0.4) is 0 Å². The molecule has 1 saturated heterocycles. The zero-order valence-corrected chi connectivity index (χ0v) is 10.5. The lowest BCUT2D eigenvalue weighted by atomic mass is 10.2. The molecule has 1 fully saturated rings. The summed E-state index contributed by atoms with van der Waals surface area (Å²) in [5.41, 5.74) is 0. The van der Waals surface area contributed by atoms with E-state index in [9.17, 15) is 9.59 Å². The quantitative estimate of drug-likeness (QED) is 0.724. The molecule has 4 nitrogen and oxygen atoms in total. The Morgan fingerprint density at radius 2 is 1.81 bits per heavy atom. The molecule has 0 radical (unpaired) electrons. The molecule has 0 unspecified atom stereocenters. The first-order valence-corrected chi connectivity index (χ1v) is 6.07. The summed E-state index contributed by atoms with van der Waals surface area (Å²) in [4.78, 5) is 26.7. The van der Waals surface area contributed by atoms with Crippen molar-refractivity contribution in [2.75, 3.05) is 19.6 Å². The van der Waals surface area contributed by atoms with Crippen molar-refractivity contribution in [2.24, 2.45) is 0 Å². The predicted molar refractivity (Wildman–Crippen MR) is 63.0 cm³/mol. The maximum absolute atomic E-state index is 11.8. The van der Waals surface area contributed by atoms with Crippen LogP contribution in [0.4, 0.5) is 0 Å². The van der Waals surface area contributed by atoms with E-state index >= 15 is 0 Å².